The molecule has 0 fully saturated rings. The van der Waals surface area contributed by atoms with Crippen molar-refractivity contribution in [2.75, 3.05) is 6.54 Å². The summed E-state index contributed by atoms with van der Waals surface area (Å²) in [5.41, 5.74) is 3.02. The van der Waals surface area contributed by atoms with Gasteiger partial charge in [0.15, 0.2) is 5.96 Å². The first-order valence-electron chi connectivity index (χ1n) is 6.84. The summed E-state index contributed by atoms with van der Waals surface area (Å²) in [6.45, 7) is 4.22. The van der Waals surface area contributed by atoms with Crippen LogP contribution in [0, 0.1) is 11.3 Å². The van der Waals surface area contributed by atoms with Crippen LogP contribution in [0.4, 0.5) is 0 Å². The standard InChI is InChI=1S/C16H18N4S.HI/c1-2-18-16(20-11-15-7-8-21-12-15)19-10-14-5-3-13(9-17)4-6-14;/h3-8,12H,2,10-11H2,1H3,(H2,18,19,20);1H. The third kappa shape index (κ3) is 6.03. The second-order valence-electron chi connectivity index (χ2n) is 4.49. The molecule has 0 radical (unpaired) electrons. The highest BCUT2D eigenvalue weighted by molar-refractivity contribution is 14.0. The Kier molecular flexibility index (Phi) is 8.55. The molecule has 6 heteroatoms. The van der Waals surface area contributed by atoms with E-state index in [4.69, 9.17) is 5.26 Å². The smallest absolute Gasteiger partial charge is 0.191 e. The molecule has 2 rings (SSSR count). The summed E-state index contributed by atoms with van der Waals surface area (Å²) in [5, 5.41) is 19.5. The third-order valence-corrected chi connectivity index (χ3v) is 3.62. The lowest BCUT2D eigenvalue weighted by molar-refractivity contribution is 0.816. The number of aliphatic imine (C=N–C) groups is 1. The number of hydrogen-bond donors (Lipinski definition) is 2. The zero-order valence-corrected chi connectivity index (χ0v) is 15.5. The van der Waals surface area contributed by atoms with Gasteiger partial charge in [0.1, 0.15) is 0 Å². The van der Waals surface area contributed by atoms with Crippen molar-refractivity contribution in [1.82, 2.24) is 10.6 Å². The van der Waals surface area contributed by atoms with Crippen LogP contribution in [0.2, 0.25) is 0 Å². The first-order chi connectivity index (χ1) is 10.3. The predicted molar refractivity (Wildman–Crippen MR) is 103 cm³/mol. The van der Waals surface area contributed by atoms with E-state index in [0.29, 0.717) is 18.7 Å². The van der Waals surface area contributed by atoms with E-state index in [2.05, 4.69) is 38.5 Å². The summed E-state index contributed by atoms with van der Waals surface area (Å²) in [7, 11) is 0. The Morgan fingerprint density at radius 3 is 2.55 bits per heavy atom. The van der Waals surface area contributed by atoms with Crippen LogP contribution in [0.3, 0.4) is 0 Å². The molecule has 2 aromatic rings. The average molecular weight is 426 g/mol. The van der Waals surface area contributed by atoms with E-state index in [1.54, 1.807) is 11.3 Å². The lowest BCUT2D eigenvalue weighted by Gasteiger charge is -2.11. The molecule has 0 saturated heterocycles. The van der Waals surface area contributed by atoms with Gasteiger partial charge in [-0.1, -0.05) is 12.1 Å². The SMILES string of the molecule is CCNC(=NCc1ccsc1)NCc1ccc(C#N)cc1.I. The molecule has 0 atom stereocenters. The van der Waals surface area contributed by atoms with Crippen molar-refractivity contribution in [1.29, 1.82) is 5.26 Å². The number of hydrogen-bond acceptors (Lipinski definition) is 3. The molecular weight excluding hydrogens is 407 g/mol. The normalized spacial score (nSPS) is 10.5. The summed E-state index contributed by atoms with van der Waals surface area (Å²) in [5.74, 6) is 0.799. The molecule has 0 unspecified atom stereocenters. The van der Waals surface area contributed by atoms with Gasteiger partial charge in [0.05, 0.1) is 18.2 Å². The van der Waals surface area contributed by atoms with Gasteiger partial charge in [-0.25, -0.2) is 4.99 Å². The molecule has 0 bridgehead atoms. The molecule has 0 saturated carbocycles. The molecule has 4 nitrogen and oxygen atoms in total. The van der Waals surface area contributed by atoms with Gasteiger partial charge in [-0.3, -0.25) is 0 Å². The number of thiophene rings is 1. The largest absolute Gasteiger partial charge is 0.357 e. The van der Waals surface area contributed by atoms with Crippen molar-refractivity contribution in [3.8, 4) is 6.07 Å². The fourth-order valence-electron chi connectivity index (χ4n) is 1.78. The highest BCUT2D eigenvalue weighted by atomic mass is 127. The minimum Gasteiger partial charge on any atom is -0.357 e. The maximum absolute atomic E-state index is 8.78. The Balaban J connectivity index is 0.00000242. The predicted octanol–water partition coefficient (Wildman–Crippen LogP) is 3.49. The lowest BCUT2D eigenvalue weighted by atomic mass is 10.1. The molecule has 0 aliphatic rings. The fraction of sp³-hybridized carbons (Fsp3) is 0.250. The van der Waals surface area contributed by atoms with E-state index in [1.165, 1.54) is 5.56 Å². The number of guanidine groups is 1. The molecule has 116 valence electrons. The van der Waals surface area contributed by atoms with E-state index in [-0.39, 0.29) is 24.0 Å². The maximum Gasteiger partial charge on any atom is 0.191 e. The van der Waals surface area contributed by atoms with E-state index in [0.717, 1.165) is 18.1 Å². The lowest BCUT2D eigenvalue weighted by Crippen LogP contribution is -2.36. The van der Waals surface area contributed by atoms with Crippen LogP contribution < -0.4 is 10.6 Å². The number of halogens is 1. The van der Waals surface area contributed by atoms with Gasteiger partial charge < -0.3 is 10.6 Å². The third-order valence-electron chi connectivity index (χ3n) is 2.89. The maximum atomic E-state index is 8.78. The number of nitriles is 1. The van der Waals surface area contributed by atoms with Gasteiger partial charge in [-0.15, -0.1) is 24.0 Å². The summed E-state index contributed by atoms with van der Waals surface area (Å²) >= 11 is 1.68. The number of rotatable bonds is 5. The van der Waals surface area contributed by atoms with Gasteiger partial charge >= 0.3 is 0 Å². The van der Waals surface area contributed by atoms with Crippen molar-refractivity contribution in [3.05, 3.63) is 57.8 Å². The minimum atomic E-state index is 0. The average Bonchev–Trinajstić information content (AvgIpc) is 3.04. The van der Waals surface area contributed by atoms with Crippen molar-refractivity contribution < 1.29 is 0 Å². The van der Waals surface area contributed by atoms with Crippen LogP contribution in [0.5, 0.6) is 0 Å². The van der Waals surface area contributed by atoms with Crippen LogP contribution >= 0.6 is 35.3 Å². The van der Waals surface area contributed by atoms with Crippen LogP contribution in [0.1, 0.15) is 23.6 Å². The molecule has 1 aromatic carbocycles. The molecular formula is C16H19IN4S. The summed E-state index contributed by atoms with van der Waals surface area (Å²) in [6, 6.07) is 11.8. The van der Waals surface area contributed by atoms with Crippen molar-refractivity contribution in [3.63, 3.8) is 0 Å². The zero-order chi connectivity index (χ0) is 14.9. The topological polar surface area (TPSA) is 60.2 Å². The van der Waals surface area contributed by atoms with Crippen LogP contribution in [0.15, 0.2) is 46.1 Å². The molecule has 0 aliphatic heterocycles. The highest BCUT2D eigenvalue weighted by Crippen LogP contribution is 2.07. The fourth-order valence-corrected chi connectivity index (χ4v) is 2.44. The highest BCUT2D eigenvalue weighted by Gasteiger charge is 1.99. The second-order valence-corrected chi connectivity index (χ2v) is 5.27. The van der Waals surface area contributed by atoms with E-state index in [9.17, 15) is 0 Å². The molecule has 0 spiro atoms. The van der Waals surface area contributed by atoms with Gasteiger partial charge in [0.2, 0.25) is 0 Å². The summed E-state index contributed by atoms with van der Waals surface area (Å²) < 4.78 is 0. The Labute approximate surface area is 152 Å². The van der Waals surface area contributed by atoms with Gasteiger partial charge in [0, 0.05) is 13.1 Å². The monoisotopic (exact) mass is 426 g/mol. The van der Waals surface area contributed by atoms with E-state index < -0.39 is 0 Å². The van der Waals surface area contributed by atoms with E-state index >= 15 is 0 Å². The van der Waals surface area contributed by atoms with Crippen LogP contribution in [-0.4, -0.2) is 12.5 Å². The molecule has 1 aromatic heterocycles. The number of benzene rings is 1. The Morgan fingerprint density at radius 2 is 1.95 bits per heavy atom. The Morgan fingerprint density at radius 1 is 1.18 bits per heavy atom. The van der Waals surface area contributed by atoms with Crippen molar-refractivity contribution in [2.45, 2.75) is 20.0 Å². The molecule has 0 amide bonds. The first kappa shape index (κ1) is 18.5. The molecule has 0 aliphatic carbocycles. The second kappa shape index (κ2) is 10.2. The molecule has 2 N–H and O–H groups in total. The summed E-state index contributed by atoms with van der Waals surface area (Å²) in [4.78, 5) is 4.55. The van der Waals surface area contributed by atoms with Crippen molar-refractivity contribution in [2.24, 2.45) is 4.99 Å². The van der Waals surface area contributed by atoms with Gasteiger partial charge in [-0.05, 0) is 47.0 Å². The number of nitrogens with zero attached hydrogens (tertiary/aromatic N) is 2. The first-order valence-corrected chi connectivity index (χ1v) is 7.78. The van der Waals surface area contributed by atoms with E-state index in [1.807, 2.05) is 31.2 Å². The minimum absolute atomic E-state index is 0. The zero-order valence-electron chi connectivity index (χ0n) is 12.4. The van der Waals surface area contributed by atoms with Gasteiger partial charge in [-0.2, -0.15) is 16.6 Å². The van der Waals surface area contributed by atoms with Gasteiger partial charge in [0.25, 0.3) is 0 Å². The molecule has 1 heterocycles. The summed E-state index contributed by atoms with van der Waals surface area (Å²) in [6.07, 6.45) is 0. The number of nitrogens with one attached hydrogen (secondary N) is 2. The Hall–Kier alpha value is -1.59. The Bertz CT molecular complexity index is 615. The van der Waals surface area contributed by atoms with Crippen LogP contribution in [-0.2, 0) is 13.1 Å². The molecule has 22 heavy (non-hydrogen) atoms. The van der Waals surface area contributed by atoms with Crippen molar-refractivity contribution >= 4 is 41.3 Å². The van der Waals surface area contributed by atoms with Crippen LogP contribution in [0.25, 0.3) is 0 Å². The quantitative estimate of drug-likeness (QED) is 0.437.